The number of hydrogen-bond donors (Lipinski definition) is 2. The third kappa shape index (κ3) is 4.22. The predicted octanol–water partition coefficient (Wildman–Crippen LogP) is 3.51. The molecule has 1 heterocycles. The van der Waals surface area contributed by atoms with E-state index in [4.69, 9.17) is 0 Å². The third-order valence-electron chi connectivity index (χ3n) is 2.64. The van der Waals surface area contributed by atoms with Crippen LogP contribution in [-0.4, -0.2) is 19.1 Å². The van der Waals surface area contributed by atoms with Gasteiger partial charge < -0.3 is 10.6 Å². The monoisotopic (exact) mass is 260 g/mol. The highest BCUT2D eigenvalue weighted by Crippen LogP contribution is 2.29. The molecular formula is C13H19F3N2. The maximum Gasteiger partial charge on any atom is 0.416 e. The first-order chi connectivity index (χ1) is 8.55. The molecule has 2 nitrogen and oxygen atoms in total. The molecule has 1 aliphatic heterocycles. The molecule has 0 aromatic heterocycles. The second-order valence-corrected chi connectivity index (χ2v) is 3.91. The van der Waals surface area contributed by atoms with E-state index >= 15 is 0 Å². The van der Waals surface area contributed by atoms with E-state index in [1.54, 1.807) is 0 Å². The van der Waals surface area contributed by atoms with E-state index in [1.165, 1.54) is 12.1 Å². The smallest absolute Gasteiger partial charge is 0.381 e. The molecule has 1 aromatic carbocycles. The van der Waals surface area contributed by atoms with E-state index < -0.39 is 11.7 Å². The quantitative estimate of drug-likeness (QED) is 0.850. The average molecular weight is 260 g/mol. The van der Waals surface area contributed by atoms with Crippen LogP contribution in [0.5, 0.6) is 0 Å². The summed E-state index contributed by atoms with van der Waals surface area (Å²) in [6.07, 6.45) is -3.26. The van der Waals surface area contributed by atoms with Gasteiger partial charge >= 0.3 is 6.18 Å². The van der Waals surface area contributed by atoms with Crippen molar-refractivity contribution in [3.8, 4) is 0 Å². The first-order valence-electron chi connectivity index (χ1n) is 6.20. The summed E-state index contributed by atoms with van der Waals surface area (Å²) in [5.41, 5.74) is 0.129. The van der Waals surface area contributed by atoms with Gasteiger partial charge in [0.2, 0.25) is 0 Å². The Balaban J connectivity index is 0.000000771. The summed E-state index contributed by atoms with van der Waals surface area (Å²) in [6.45, 7) is 5.82. The van der Waals surface area contributed by atoms with Gasteiger partial charge in [-0.25, -0.2) is 0 Å². The zero-order valence-electron chi connectivity index (χ0n) is 10.6. The summed E-state index contributed by atoms with van der Waals surface area (Å²) in [6, 6.07) is 5.47. The van der Waals surface area contributed by atoms with Gasteiger partial charge in [-0.3, -0.25) is 0 Å². The van der Waals surface area contributed by atoms with Crippen LogP contribution < -0.4 is 10.6 Å². The van der Waals surface area contributed by atoms with Crippen LogP contribution in [0, 0.1) is 0 Å². The molecule has 1 aromatic rings. The predicted molar refractivity (Wildman–Crippen MR) is 67.7 cm³/mol. The number of alkyl halides is 3. The maximum absolute atomic E-state index is 12.3. The second-order valence-electron chi connectivity index (χ2n) is 3.91. The standard InChI is InChI=1S/C11H13F3N2.C2H6/c12-11(13,14)8-1-3-9(4-2-8)16-10-5-6-15-7-10;1-2/h1-4,10,15-16H,5-7H2;1-2H3. The summed E-state index contributed by atoms with van der Waals surface area (Å²) in [4.78, 5) is 0. The van der Waals surface area contributed by atoms with Crippen molar-refractivity contribution in [2.75, 3.05) is 18.4 Å². The molecule has 0 radical (unpaired) electrons. The molecule has 2 rings (SSSR count). The van der Waals surface area contributed by atoms with E-state index in [1.807, 2.05) is 13.8 Å². The molecule has 0 saturated carbocycles. The Kier molecular flexibility index (Phi) is 5.47. The minimum Gasteiger partial charge on any atom is -0.381 e. The Morgan fingerprint density at radius 3 is 2.22 bits per heavy atom. The van der Waals surface area contributed by atoms with Gasteiger partial charge in [0.05, 0.1) is 5.56 Å². The molecule has 1 saturated heterocycles. The van der Waals surface area contributed by atoms with Crippen LogP contribution in [0.3, 0.4) is 0 Å². The lowest BCUT2D eigenvalue weighted by atomic mass is 10.2. The Bertz CT molecular complexity index is 340. The SMILES string of the molecule is CC.FC(F)(F)c1ccc(NC2CCNC2)cc1. The molecule has 1 atom stereocenters. The Hall–Kier alpha value is -1.23. The highest BCUT2D eigenvalue weighted by molar-refractivity contribution is 5.46. The van der Waals surface area contributed by atoms with Crippen LogP contribution in [-0.2, 0) is 6.18 Å². The van der Waals surface area contributed by atoms with Crippen LogP contribution in [0.1, 0.15) is 25.8 Å². The normalized spacial score (nSPS) is 19.1. The molecule has 0 bridgehead atoms. The molecule has 18 heavy (non-hydrogen) atoms. The zero-order chi connectivity index (χ0) is 13.6. The number of hydrogen-bond acceptors (Lipinski definition) is 2. The van der Waals surface area contributed by atoms with E-state index in [9.17, 15) is 13.2 Å². The van der Waals surface area contributed by atoms with Gasteiger partial charge in [0.1, 0.15) is 0 Å². The highest BCUT2D eigenvalue weighted by atomic mass is 19.4. The van der Waals surface area contributed by atoms with Crippen LogP contribution in [0.2, 0.25) is 0 Å². The van der Waals surface area contributed by atoms with Gasteiger partial charge in [-0.05, 0) is 37.2 Å². The number of benzene rings is 1. The fraction of sp³-hybridized carbons (Fsp3) is 0.538. The number of rotatable bonds is 2. The number of nitrogens with one attached hydrogen (secondary N) is 2. The highest BCUT2D eigenvalue weighted by Gasteiger charge is 2.30. The van der Waals surface area contributed by atoms with Gasteiger partial charge in [0.25, 0.3) is 0 Å². The molecule has 0 aliphatic carbocycles. The van der Waals surface area contributed by atoms with Crippen molar-refractivity contribution in [1.82, 2.24) is 5.32 Å². The Morgan fingerprint density at radius 2 is 1.78 bits per heavy atom. The summed E-state index contributed by atoms with van der Waals surface area (Å²) in [7, 11) is 0. The van der Waals surface area contributed by atoms with Crippen molar-refractivity contribution >= 4 is 5.69 Å². The first-order valence-corrected chi connectivity index (χ1v) is 6.20. The first kappa shape index (κ1) is 14.8. The second kappa shape index (κ2) is 6.64. The van der Waals surface area contributed by atoms with Crippen molar-refractivity contribution in [3.05, 3.63) is 29.8 Å². The van der Waals surface area contributed by atoms with Crippen molar-refractivity contribution in [1.29, 1.82) is 0 Å². The van der Waals surface area contributed by atoms with E-state index in [0.29, 0.717) is 6.04 Å². The number of halogens is 3. The zero-order valence-corrected chi connectivity index (χ0v) is 10.6. The van der Waals surface area contributed by atoms with Gasteiger partial charge in [-0.1, -0.05) is 13.8 Å². The van der Waals surface area contributed by atoms with Gasteiger partial charge in [-0.15, -0.1) is 0 Å². The topological polar surface area (TPSA) is 24.1 Å². The van der Waals surface area contributed by atoms with Gasteiger partial charge in [0, 0.05) is 18.3 Å². The lowest BCUT2D eigenvalue weighted by Gasteiger charge is -2.13. The average Bonchev–Trinajstić information content (AvgIpc) is 2.84. The molecule has 0 spiro atoms. The third-order valence-corrected chi connectivity index (χ3v) is 2.64. The molecule has 5 heteroatoms. The van der Waals surface area contributed by atoms with Crippen LogP contribution >= 0.6 is 0 Å². The molecular weight excluding hydrogens is 241 g/mol. The Labute approximate surface area is 106 Å². The van der Waals surface area contributed by atoms with Crippen molar-refractivity contribution in [2.24, 2.45) is 0 Å². The van der Waals surface area contributed by atoms with Crippen LogP contribution in [0.25, 0.3) is 0 Å². The van der Waals surface area contributed by atoms with E-state index in [-0.39, 0.29) is 0 Å². The molecule has 1 fully saturated rings. The lowest BCUT2D eigenvalue weighted by molar-refractivity contribution is -0.137. The van der Waals surface area contributed by atoms with Gasteiger partial charge in [-0.2, -0.15) is 13.2 Å². The maximum atomic E-state index is 12.3. The minimum atomic E-state index is -4.26. The number of anilines is 1. The molecule has 102 valence electrons. The largest absolute Gasteiger partial charge is 0.416 e. The fourth-order valence-electron chi connectivity index (χ4n) is 1.77. The molecule has 1 aliphatic rings. The van der Waals surface area contributed by atoms with E-state index in [0.717, 1.165) is 37.3 Å². The van der Waals surface area contributed by atoms with Crippen molar-refractivity contribution in [2.45, 2.75) is 32.5 Å². The molecule has 0 amide bonds. The molecule has 2 N–H and O–H groups in total. The molecule has 1 unspecified atom stereocenters. The van der Waals surface area contributed by atoms with Crippen molar-refractivity contribution in [3.63, 3.8) is 0 Å². The van der Waals surface area contributed by atoms with E-state index in [2.05, 4.69) is 10.6 Å². The summed E-state index contributed by atoms with van der Waals surface area (Å²) >= 11 is 0. The summed E-state index contributed by atoms with van der Waals surface area (Å²) in [5.74, 6) is 0. The fourth-order valence-corrected chi connectivity index (χ4v) is 1.77. The van der Waals surface area contributed by atoms with Crippen LogP contribution in [0.15, 0.2) is 24.3 Å². The lowest BCUT2D eigenvalue weighted by Crippen LogP contribution is -2.22. The van der Waals surface area contributed by atoms with Gasteiger partial charge in [0.15, 0.2) is 0 Å². The summed E-state index contributed by atoms with van der Waals surface area (Å²) in [5, 5.41) is 6.38. The Morgan fingerprint density at radius 1 is 1.17 bits per heavy atom. The minimum absolute atomic E-state index is 0.316. The summed E-state index contributed by atoms with van der Waals surface area (Å²) < 4.78 is 36.9. The van der Waals surface area contributed by atoms with Crippen LogP contribution in [0.4, 0.5) is 18.9 Å². The van der Waals surface area contributed by atoms with Crippen molar-refractivity contribution < 1.29 is 13.2 Å².